The largest absolute Gasteiger partial charge is 0.491 e. The molecule has 1 aromatic heterocycles. The Hall–Kier alpha value is -4.66. The van der Waals surface area contributed by atoms with Gasteiger partial charge in [-0.25, -0.2) is 4.79 Å². The number of carbonyl (C=O) groups excluding carboxylic acids is 5. The van der Waals surface area contributed by atoms with Crippen LogP contribution in [-0.2, 0) is 47.7 Å². The highest BCUT2D eigenvalue weighted by Gasteiger charge is 2.53. The number of hydrogen-bond donors (Lipinski definition) is 0. The predicted molar refractivity (Wildman–Crippen MR) is 142 cm³/mol. The van der Waals surface area contributed by atoms with Gasteiger partial charge in [0.25, 0.3) is 5.75 Å². The maximum atomic E-state index is 13.0. The molecule has 1 aliphatic heterocycles. The number of carbonyl (C=O) groups is 5. The summed E-state index contributed by atoms with van der Waals surface area (Å²) < 4.78 is 49.4. The monoisotopic (exact) mass is 608 g/mol. The molecule has 0 unspecified atom stereocenters. The molecule has 1 aliphatic rings. The lowest BCUT2D eigenvalue weighted by molar-refractivity contribution is -0.288. The van der Waals surface area contributed by atoms with E-state index in [-0.39, 0.29) is 22.8 Å². The minimum atomic E-state index is -1.72. The number of benzene rings is 1. The fraction of sp³-hybridized carbons (Fsp3) is 0.500. The van der Waals surface area contributed by atoms with Crippen LogP contribution in [0.3, 0.4) is 0 Å². The van der Waals surface area contributed by atoms with E-state index in [9.17, 15) is 28.8 Å². The van der Waals surface area contributed by atoms with Crippen molar-refractivity contribution in [1.82, 2.24) is 0 Å². The number of ether oxygens (including phenoxy) is 8. The van der Waals surface area contributed by atoms with Gasteiger partial charge in [-0.2, -0.15) is 0 Å². The van der Waals surface area contributed by atoms with Crippen LogP contribution >= 0.6 is 0 Å². The molecule has 234 valence electrons. The summed E-state index contributed by atoms with van der Waals surface area (Å²) in [4.78, 5) is 72.8. The first-order valence-corrected chi connectivity index (χ1v) is 13.1. The third-order valence-corrected chi connectivity index (χ3v) is 5.59. The van der Waals surface area contributed by atoms with Gasteiger partial charge in [0, 0.05) is 40.7 Å². The molecule has 0 spiro atoms. The summed E-state index contributed by atoms with van der Waals surface area (Å²) in [5, 5.41) is 0.111. The molecule has 1 aromatic carbocycles. The predicted octanol–water partition coefficient (Wildman–Crippen LogP) is 1.97. The minimum absolute atomic E-state index is 0.0281. The van der Waals surface area contributed by atoms with E-state index in [1.54, 1.807) is 19.9 Å². The first-order valence-electron chi connectivity index (χ1n) is 13.1. The van der Waals surface area contributed by atoms with Crippen molar-refractivity contribution in [2.45, 2.75) is 85.3 Å². The van der Waals surface area contributed by atoms with Gasteiger partial charge in [-0.1, -0.05) is 0 Å². The fourth-order valence-electron chi connectivity index (χ4n) is 4.23. The molecule has 0 saturated carbocycles. The number of fused-ring (bicyclic) bond motifs is 1. The fourth-order valence-corrected chi connectivity index (χ4v) is 4.23. The van der Waals surface area contributed by atoms with Gasteiger partial charge in [0.2, 0.25) is 12.4 Å². The van der Waals surface area contributed by atoms with Crippen LogP contribution in [0.5, 0.6) is 17.2 Å². The van der Waals surface area contributed by atoms with Crippen molar-refractivity contribution in [2.24, 2.45) is 0 Å². The molecule has 0 aliphatic carbocycles. The summed E-state index contributed by atoms with van der Waals surface area (Å²) in [6.45, 7) is 8.44. The van der Waals surface area contributed by atoms with Gasteiger partial charge >= 0.3 is 35.5 Å². The lowest BCUT2D eigenvalue weighted by atomic mass is 9.98. The smallest absolute Gasteiger partial charge is 0.383 e. The highest BCUT2D eigenvalue weighted by atomic mass is 16.7. The Bertz CT molecular complexity index is 1440. The van der Waals surface area contributed by atoms with E-state index in [2.05, 4.69) is 0 Å². The molecular weight excluding hydrogens is 576 g/mol. The summed E-state index contributed by atoms with van der Waals surface area (Å²) >= 11 is 0. The van der Waals surface area contributed by atoms with Crippen LogP contribution in [0.1, 0.15) is 48.5 Å². The van der Waals surface area contributed by atoms with Gasteiger partial charge < -0.3 is 42.3 Å². The zero-order valence-electron chi connectivity index (χ0n) is 24.5. The molecule has 3 rings (SSSR count). The average molecular weight is 609 g/mol. The Balaban J connectivity index is 2.21. The quantitative estimate of drug-likeness (QED) is 0.216. The summed E-state index contributed by atoms with van der Waals surface area (Å²) in [5.74, 6) is -4.81. The third-order valence-electron chi connectivity index (χ3n) is 5.59. The van der Waals surface area contributed by atoms with Crippen LogP contribution in [0.25, 0.3) is 11.0 Å². The second-order valence-electron chi connectivity index (χ2n) is 9.65. The first kappa shape index (κ1) is 32.8. The second-order valence-corrected chi connectivity index (χ2v) is 9.65. The van der Waals surface area contributed by atoms with Crippen molar-refractivity contribution in [3.05, 3.63) is 28.6 Å². The van der Waals surface area contributed by atoms with Crippen LogP contribution < -0.4 is 19.8 Å². The van der Waals surface area contributed by atoms with Crippen LogP contribution in [0, 0.1) is 0 Å². The SMILES string of the molecule is CC(=O)OC[C@H]1O[C@H](Oc2c(OC(C)=O)c(=O)oc3cc(OC(C)C)ccc23)[C@@H](OC(C)=O)[C@@H](OC(C)=O)[C@@H]1OC(C)=O. The maximum Gasteiger partial charge on any atom is 0.383 e. The van der Waals surface area contributed by atoms with Crippen LogP contribution in [0.4, 0.5) is 0 Å². The summed E-state index contributed by atoms with van der Waals surface area (Å²) in [6, 6.07) is 4.41. The third kappa shape index (κ3) is 8.67. The van der Waals surface area contributed by atoms with E-state index < -0.39 is 78.5 Å². The van der Waals surface area contributed by atoms with E-state index in [1.807, 2.05) is 0 Å². The Morgan fingerprint density at radius 1 is 0.791 bits per heavy atom. The van der Waals surface area contributed by atoms with Gasteiger partial charge in [0.05, 0.1) is 11.5 Å². The molecule has 15 nitrogen and oxygen atoms in total. The molecule has 43 heavy (non-hydrogen) atoms. The summed E-state index contributed by atoms with van der Waals surface area (Å²) in [5.41, 5.74) is -1.13. The Morgan fingerprint density at radius 3 is 1.95 bits per heavy atom. The van der Waals surface area contributed by atoms with Crippen molar-refractivity contribution < 1.29 is 66.3 Å². The second kappa shape index (κ2) is 14.0. The van der Waals surface area contributed by atoms with Crippen molar-refractivity contribution in [1.29, 1.82) is 0 Å². The minimum Gasteiger partial charge on any atom is -0.491 e. The van der Waals surface area contributed by atoms with Crippen LogP contribution in [0.2, 0.25) is 0 Å². The number of rotatable bonds is 10. The summed E-state index contributed by atoms with van der Waals surface area (Å²) in [7, 11) is 0. The van der Waals surface area contributed by atoms with E-state index in [0.29, 0.717) is 5.75 Å². The Morgan fingerprint density at radius 2 is 1.40 bits per heavy atom. The average Bonchev–Trinajstić information content (AvgIpc) is 2.86. The molecule has 0 bridgehead atoms. The molecule has 15 heteroatoms. The Kier molecular flexibility index (Phi) is 10.7. The molecule has 0 radical (unpaired) electrons. The van der Waals surface area contributed by atoms with E-state index in [0.717, 1.165) is 34.6 Å². The summed E-state index contributed by atoms with van der Waals surface area (Å²) in [6.07, 6.45) is -7.85. The van der Waals surface area contributed by atoms with Crippen molar-refractivity contribution in [3.8, 4) is 17.2 Å². The Labute approximate surface area is 245 Å². The van der Waals surface area contributed by atoms with Gasteiger partial charge in [-0.3, -0.25) is 24.0 Å². The number of hydrogen-bond acceptors (Lipinski definition) is 15. The van der Waals surface area contributed by atoms with Gasteiger partial charge in [0.1, 0.15) is 24.0 Å². The highest BCUT2D eigenvalue weighted by molar-refractivity contribution is 5.87. The normalized spacial score (nSPS) is 21.4. The van der Waals surface area contributed by atoms with Crippen molar-refractivity contribution in [3.63, 3.8) is 0 Å². The zero-order valence-corrected chi connectivity index (χ0v) is 24.5. The lowest BCUT2D eigenvalue weighted by Gasteiger charge is -2.44. The highest BCUT2D eigenvalue weighted by Crippen LogP contribution is 2.38. The van der Waals surface area contributed by atoms with Crippen molar-refractivity contribution >= 4 is 40.8 Å². The molecule has 5 atom stereocenters. The maximum absolute atomic E-state index is 13.0. The standard InChI is InChI=1S/C28H32O15/c1-12(2)36-18-8-9-19-20(10-18)41-27(34)25(39-16(6)32)22(19)43-28-26(40-17(7)33)24(38-15(5)31)23(37-14(4)30)21(42-28)11-35-13(3)29/h8-10,12,21,23-24,26,28H,11H2,1-7H3/t21-,23-,24+,26+,28-/m1/s1. The van der Waals surface area contributed by atoms with E-state index in [1.165, 1.54) is 12.1 Å². The van der Waals surface area contributed by atoms with Crippen LogP contribution in [-0.4, -0.2) is 73.3 Å². The van der Waals surface area contributed by atoms with E-state index in [4.69, 9.17) is 42.3 Å². The van der Waals surface area contributed by atoms with Gasteiger partial charge in [-0.15, -0.1) is 0 Å². The molecule has 2 heterocycles. The first-order chi connectivity index (χ1) is 20.2. The number of esters is 5. The van der Waals surface area contributed by atoms with E-state index >= 15 is 0 Å². The molecule has 2 aromatic rings. The zero-order chi connectivity index (χ0) is 32.0. The molecular formula is C28H32O15. The molecule has 1 fully saturated rings. The van der Waals surface area contributed by atoms with Gasteiger partial charge in [0.15, 0.2) is 18.0 Å². The van der Waals surface area contributed by atoms with Crippen molar-refractivity contribution in [2.75, 3.05) is 6.61 Å². The topological polar surface area (TPSA) is 189 Å². The van der Waals surface area contributed by atoms with Gasteiger partial charge in [-0.05, 0) is 26.0 Å². The molecule has 0 amide bonds. The molecule has 0 N–H and O–H groups in total. The molecule has 1 saturated heterocycles. The lowest BCUT2D eigenvalue weighted by Crippen LogP contribution is -2.63. The van der Waals surface area contributed by atoms with Crippen LogP contribution in [0.15, 0.2) is 27.4 Å².